The molecule has 1 fully saturated rings. The highest BCUT2D eigenvalue weighted by molar-refractivity contribution is 5.79. The summed E-state index contributed by atoms with van der Waals surface area (Å²) < 4.78 is 0. The second-order valence-corrected chi connectivity index (χ2v) is 3.72. The summed E-state index contributed by atoms with van der Waals surface area (Å²) >= 11 is 0. The Morgan fingerprint density at radius 3 is 2.47 bits per heavy atom. The van der Waals surface area contributed by atoms with E-state index in [0.717, 1.165) is 32.0 Å². The maximum atomic E-state index is 10.9. The minimum absolute atomic E-state index is 0.00953. The minimum atomic E-state index is -0.929. The van der Waals surface area contributed by atoms with Gasteiger partial charge in [0.2, 0.25) is 5.91 Å². The van der Waals surface area contributed by atoms with Gasteiger partial charge in [-0.15, -0.1) is 0 Å². The molecule has 1 saturated heterocycles. The van der Waals surface area contributed by atoms with Gasteiger partial charge in [-0.2, -0.15) is 0 Å². The molecule has 0 bridgehead atoms. The Kier molecular flexibility index (Phi) is 4.30. The van der Waals surface area contributed by atoms with Crippen molar-refractivity contribution < 1.29 is 14.7 Å². The lowest BCUT2D eigenvalue weighted by molar-refractivity contribution is -0.131. The number of amides is 1. The van der Waals surface area contributed by atoms with Crippen LogP contribution >= 0.6 is 0 Å². The van der Waals surface area contributed by atoms with Crippen LogP contribution in [0.1, 0.15) is 12.8 Å². The number of nitrogens with two attached hydrogens (primary N) is 1. The van der Waals surface area contributed by atoms with E-state index in [1.807, 2.05) is 0 Å². The third kappa shape index (κ3) is 4.12. The molecule has 0 saturated carbocycles. The van der Waals surface area contributed by atoms with Gasteiger partial charge in [0.05, 0.1) is 0 Å². The smallest absolute Gasteiger partial charge is 0.328 e. The molecule has 0 radical (unpaired) electrons. The molecule has 0 aromatic heterocycles. The summed E-state index contributed by atoms with van der Waals surface area (Å²) in [5.41, 5.74) is 5.20. The van der Waals surface area contributed by atoms with E-state index in [1.165, 1.54) is 0 Å². The number of hydrogen-bond acceptors (Lipinski definition) is 3. The van der Waals surface area contributed by atoms with E-state index in [4.69, 9.17) is 10.8 Å². The largest absolute Gasteiger partial charge is 0.478 e. The van der Waals surface area contributed by atoms with Crippen molar-refractivity contribution in [1.29, 1.82) is 0 Å². The summed E-state index contributed by atoms with van der Waals surface area (Å²) in [5, 5.41) is 8.39. The molecule has 0 aliphatic carbocycles. The SMILES string of the molecule is NC(=O)C1CCN(CC=CC(=O)O)CC1. The first-order valence-corrected chi connectivity index (χ1v) is 5.00. The zero-order chi connectivity index (χ0) is 11.3. The van der Waals surface area contributed by atoms with Gasteiger partial charge in [-0.1, -0.05) is 6.08 Å². The van der Waals surface area contributed by atoms with Gasteiger partial charge in [0, 0.05) is 18.5 Å². The fourth-order valence-corrected chi connectivity index (χ4v) is 1.70. The summed E-state index contributed by atoms with van der Waals surface area (Å²) in [7, 11) is 0. The van der Waals surface area contributed by atoms with Crippen LogP contribution < -0.4 is 5.73 Å². The van der Waals surface area contributed by atoms with E-state index in [0.29, 0.717) is 6.54 Å². The molecular formula is C10H16N2O3. The number of carbonyl (C=O) groups is 2. The van der Waals surface area contributed by atoms with Crippen LogP contribution in [0.15, 0.2) is 12.2 Å². The minimum Gasteiger partial charge on any atom is -0.478 e. The highest BCUT2D eigenvalue weighted by Gasteiger charge is 2.22. The molecule has 5 nitrogen and oxygen atoms in total. The molecule has 1 rings (SSSR count). The summed E-state index contributed by atoms with van der Waals surface area (Å²) in [4.78, 5) is 23.2. The molecule has 1 amide bonds. The Bertz CT molecular complexity index is 268. The van der Waals surface area contributed by atoms with Crippen molar-refractivity contribution >= 4 is 11.9 Å². The molecule has 84 valence electrons. The van der Waals surface area contributed by atoms with Crippen molar-refractivity contribution in [1.82, 2.24) is 4.90 Å². The zero-order valence-corrected chi connectivity index (χ0v) is 8.56. The standard InChI is InChI=1S/C10H16N2O3/c11-10(15)8-3-6-12(7-4-8)5-1-2-9(13)14/h1-2,8H,3-7H2,(H2,11,15)(H,13,14). The van der Waals surface area contributed by atoms with Gasteiger partial charge in [-0.25, -0.2) is 4.79 Å². The molecule has 1 aliphatic rings. The van der Waals surface area contributed by atoms with Crippen molar-refractivity contribution in [2.75, 3.05) is 19.6 Å². The van der Waals surface area contributed by atoms with E-state index in [1.54, 1.807) is 6.08 Å². The normalized spacial score (nSPS) is 19.5. The predicted octanol–water partition coefficient (Wildman–Crippen LogP) is -0.175. The molecule has 0 atom stereocenters. The van der Waals surface area contributed by atoms with Gasteiger partial charge in [0.1, 0.15) is 0 Å². The van der Waals surface area contributed by atoms with E-state index >= 15 is 0 Å². The zero-order valence-electron chi connectivity index (χ0n) is 8.56. The number of hydrogen-bond donors (Lipinski definition) is 2. The van der Waals surface area contributed by atoms with E-state index < -0.39 is 5.97 Å². The summed E-state index contributed by atoms with van der Waals surface area (Å²) in [6, 6.07) is 0. The molecule has 0 spiro atoms. The highest BCUT2D eigenvalue weighted by Crippen LogP contribution is 2.16. The van der Waals surface area contributed by atoms with E-state index in [2.05, 4.69) is 4.90 Å². The fourth-order valence-electron chi connectivity index (χ4n) is 1.70. The molecular weight excluding hydrogens is 196 g/mol. The van der Waals surface area contributed by atoms with Crippen LogP contribution in [0.5, 0.6) is 0 Å². The number of aliphatic carboxylic acids is 1. The Morgan fingerprint density at radius 1 is 1.40 bits per heavy atom. The van der Waals surface area contributed by atoms with Crippen molar-refractivity contribution in [2.45, 2.75) is 12.8 Å². The number of carbonyl (C=O) groups excluding carboxylic acids is 1. The van der Waals surface area contributed by atoms with Gasteiger partial charge in [0.15, 0.2) is 0 Å². The molecule has 3 N–H and O–H groups in total. The van der Waals surface area contributed by atoms with Crippen LogP contribution in [0.2, 0.25) is 0 Å². The molecule has 0 aromatic carbocycles. The topological polar surface area (TPSA) is 83.6 Å². The van der Waals surface area contributed by atoms with Crippen LogP contribution in [-0.4, -0.2) is 41.5 Å². The third-order valence-electron chi connectivity index (χ3n) is 2.61. The van der Waals surface area contributed by atoms with Crippen LogP contribution in [0, 0.1) is 5.92 Å². The number of carboxylic acids is 1. The van der Waals surface area contributed by atoms with Crippen LogP contribution in [0.25, 0.3) is 0 Å². The Hall–Kier alpha value is -1.36. The van der Waals surface area contributed by atoms with Crippen molar-refractivity contribution in [3.8, 4) is 0 Å². The van der Waals surface area contributed by atoms with Crippen LogP contribution in [0.3, 0.4) is 0 Å². The predicted molar refractivity (Wildman–Crippen MR) is 55.1 cm³/mol. The lowest BCUT2D eigenvalue weighted by atomic mass is 9.96. The molecule has 1 aliphatic heterocycles. The number of carboxylic acid groups (broad SMARTS) is 1. The Labute approximate surface area is 88.5 Å². The van der Waals surface area contributed by atoms with Gasteiger partial charge in [0.25, 0.3) is 0 Å². The average molecular weight is 212 g/mol. The number of likely N-dealkylation sites (tertiary alicyclic amines) is 1. The molecule has 0 unspecified atom stereocenters. The van der Waals surface area contributed by atoms with E-state index in [-0.39, 0.29) is 11.8 Å². The first-order valence-electron chi connectivity index (χ1n) is 5.00. The second-order valence-electron chi connectivity index (χ2n) is 3.72. The summed E-state index contributed by atoms with van der Waals surface area (Å²) in [5.74, 6) is -1.16. The Morgan fingerprint density at radius 2 is 2.00 bits per heavy atom. The average Bonchev–Trinajstić information content (AvgIpc) is 2.18. The van der Waals surface area contributed by atoms with Crippen LogP contribution in [0.4, 0.5) is 0 Å². The first kappa shape index (κ1) is 11.7. The highest BCUT2D eigenvalue weighted by atomic mass is 16.4. The van der Waals surface area contributed by atoms with Crippen molar-refractivity contribution in [3.63, 3.8) is 0 Å². The monoisotopic (exact) mass is 212 g/mol. The fraction of sp³-hybridized carbons (Fsp3) is 0.600. The van der Waals surface area contributed by atoms with Crippen molar-refractivity contribution in [3.05, 3.63) is 12.2 Å². The lowest BCUT2D eigenvalue weighted by Gasteiger charge is -2.29. The maximum Gasteiger partial charge on any atom is 0.328 e. The molecule has 1 heterocycles. The van der Waals surface area contributed by atoms with Gasteiger partial charge >= 0.3 is 5.97 Å². The molecule has 0 aromatic rings. The van der Waals surface area contributed by atoms with E-state index in [9.17, 15) is 9.59 Å². The number of piperidine rings is 1. The lowest BCUT2D eigenvalue weighted by Crippen LogP contribution is -2.38. The number of nitrogens with zero attached hydrogens (tertiary/aromatic N) is 1. The second kappa shape index (κ2) is 5.50. The molecule has 5 heteroatoms. The van der Waals surface area contributed by atoms with Crippen molar-refractivity contribution in [2.24, 2.45) is 11.7 Å². The quantitative estimate of drug-likeness (QED) is 0.633. The maximum absolute atomic E-state index is 10.9. The van der Waals surface area contributed by atoms with Crippen LogP contribution in [-0.2, 0) is 9.59 Å². The van der Waals surface area contributed by atoms with Gasteiger partial charge < -0.3 is 10.8 Å². The number of primary amides is 1. The van der Waals surface area contributed by atoms with Gasteiger partial charge in [-0.3, -0.25) is 9.69 Å². The number of rotatable bonds is 4. The summed E-state index contributed by atoms with van der Waals surface area (Å²) in [6.07, 6.45) is 4.31. The first-order chi connectivity index (χ1) is 7.09. The summed E-state index contributed by atoms with van der Waals surface area (Å²) in [6.45, 7) is 2.23. The van der Waals surface area contributed by atoms with Gasteiger partial charge in [-0.05, 0) is 25.9 Å². The third-order valence-corrected chi connectivity index (χ3v) is 2.61. The Balaban J connectivity index is 2.26. The molecule has 15 heavy (non-hydrogen) atoms.